The third kappa shape index (κ3) is 3.52. The Bertz CT molecular complexity index is 909. The molecule has 0 unspecified atom stereocenters. The molecule has 1 amide bonds. The van der Waals surface area contributed by atoms with Gasteiger partial charge in [0.25, 0.3) is 5.91 Å². The molecule has 2 radical (unpaired) electrons. The van der Waals surface area contributed by atoms with Crippen LogP contribution in [0.1, 0.15) is 50.7 Å². The normalized spacial score (nSPS) is 13.1. The van der Waals surface area contributed by atoms with Crippen LogP contribution in [0.3, 0.4) is 0 Å². The number of ether oxygens (including phenoxy) is 2. The van der Waals surface area contributed by atoms with Crippen molar-refractivity contribution in [1.29, 1.82) is 0 Å². The van der Waals surface area contributed by atoms with Crippen molar-refractivity contribution in [2.45, 2.75) is 59.2 Å². The van der Waals surface area contributed by atoms with Crippen LogP contribution in [0.25, 0.3) is 11.3 Å². The molecule has 0 N–H and O–H groups in total. The van der Waals surface area contributed by atoms with E-state index in [1.54, 1.807) is 18.1 Å². The number of benzene rings is 1. The molecular formula is C22H29BN2O3. The smallest absolute Gasteiger partial charge is 0.270 e. The third-order valence-electron chi connectivity index (χ3n) is 5.27. The molecule has 1 aromatic carbocycles. The van der Waals surface area contributed by atoms with Gasteiger partial charge in [-0.25, -0.2) is 0 Å². The predicted octanol–water partition coefficient (Wildman–Crippen LogP) is 3.17. The van der Waals surface area contributed by atoms with Gasteiger partial charge >= 0.3 is 0 Å². The van der Waals surface area contributed by atoms with Crippen LogP contribution in [0.4, 0.5) is 0 Å². The topological polar surface area (TPSA) is 43.7 Å². The molecule has 1 aliphatic rings. The van der Waals surface area contributed by atoms with Gasteiger partial charge in [-0.2, -0.15) is 0 Å². The molecule has 0 aliphatic carbocycles. The van der Waals surface area contributed by atoms with E-state index in [4.69, 9.17) is 17.3 Å². The fourth-order valence-corrected chi connectivity index (χ4v) is 3.52. The zero-order chi connectivity index (χ0) is 20.8. The molecule has 2 heterocycles. The number of nitrogens with zero attached hydrogens (tertiary/aromatic N) is 2. The average Bonchev–Trinajstić information content (AvgIpc) is 2.95. The predicted molar refractivity (Wildman–Crippen MR) is 113 cm³/mol. The van der Waals surface area contributed by atoms with E-state index >= 15 is 0 Å². The van der Waals surface area contributed by atoms with E-state index in [0.29, 0.717) is 23.5 Å². The first-order chi connectivity index (χ1) is 13.0. The summed E-state index contributed by atoms with van der Waals surface area (Å²) in [6.07, 6.45) is 0.825. The van der Waals surface area contributed by atoms with Crippen molar-refractivity contribution in [1.82, 2.24) is 9.47 Å². The molecule has 0 bridgehead atoms. The maximum Gasteiger partial charge on any atom is 0.270 e. The van der Waals surface area contributed by atoms with Gasteiger partial charge in [0.2, 0.25) is 0 Å². The first-order valence-electron chi connectivity index (χ1n) is 9.69. The lowest BCUT2D eigenvalue weighted by molar-refractivity contribution is 0.0644. The zero-order valence-corrected chi connectivity index (χ0v) is 17.9. The number of fused-ring (bicyclic) bond motifs is 3. The lowest BCUT2D eigenvalue weighted by atomic mass is 9.88. The Morgan fingerprint density at radius 2 is 1.89 bits per heavy atom. The van der Waals surface area contributed by atoms with E-state index < -0.39 is 0 Å². The Kier molecular flexibility index (Phi) is 5.26. The highest BCUT2D eigenvalue weighted by atomic mass is 16.5. The summed E-state index contributed by atoms with van der Waals surface area (Å²) >= 11 is 0. The number of aryl methyl sites for hydroxylation is 1. The maximum atomic E-state index is 13.1. The van der Waals surface area contributed by atoms with Gasteiger partial charge in [-0.1, -0.05) is 5.46 Å². The minimum Gasteiger partial charge on any atom is -0.493 e. The summed E-state index contributed by atoms with van der Waals surface area (Å²) in [5, 5.41) is 0. The highest BCUT2D eigenvalue weighted by Crippen LogP contribution is 2.39. The van der Waals surface area contributed by atoms with E-state index in [9.17, 15) is 4.79 Å². The van der Waals surface area contributed by atoms with Crippen molar-refractivity contribution in [3.05, 3.63) is 29.5 Å². The van der Waals surface area contributed by atoms with Crippen molar-refractivity contribution in [3.8, 4) is 22.8 Å². The summed E-state index contributed by atoms with van der Waals surface area (Å²) in [6, 6.07) is 5.80. The number of carbonyl (C=O) groups excluding carboxylic acids is 1. The quantitative estimate of drug-likeness (QED) is 0.766. The minimum absolute atomic E-state index is 0.0252. The second-order valence-electron chi connectivity index (χ2n) is 8.60. The van der Waals surface area contributed by atoms with Gasteiger partial charge in [0.05, 0.1) is 13.2 Å². The average molecular weight is 380 g/mol. The summed E-state index contributed by atoms with van der Waals surface area (Å²) in [4.78, 5) is 14.9. The van der Waals surface area contributed by atoms with Crippen LogP contribution in [-0.2, 0) is 13.0 Å². The lowest BCUT2D eigenvalue weighted by Crippen LogP contribution is -2.43. The number of methoxy groups -OCH3 is 1. The number of aromatic nitrogens is 1. The van der Waals surface area contributed by atoms with Crippen molar-refractivity contribution >= 4 is 19.2 Å². The molecule has 2 aromatic rings. The highest BCUT2D eigenvalue weighted by molar-refractivity contribution is 6.36. The van der Waals surface area contributed by atoms with Gasteiger partial charge in [0, 0.05) is 30.4 Å². The summed E-state index contributed by atoms with van der Waals surface area (Å²) in [5.74, 6) is 1.38. The first kappa shape index (κ1) is 20.4. The molecule has 0 spiro atoms. The molecule has 0 fully saturated rings. The van der Waals surface area contributed by atoms with Crippen LogP contribution in [0.5, 0.6) is 11.5 Å². The van der Waals surface area contributed by atoms with Gasteiger partial charge in [0.1, 0.15) is 13.5 Å². The number of carbonyl (C=O) groups is 1. The summed E-state index contributed by atoms with van der Waals surface area (Å²) in [6.45, 7) is 10.7. The second kappa shape index (κ2) is 7.23. The number of hydrogen-bond acceptors (Lipinski definition) is 3. The zero-order valence-electron chi connectivity index (χ0n) is 17.9. The number of amides is 1. The van der Waals surface area contributed by atoms with Gasteiger partial charge in [-0.15, -0.1) is 0 Å². The molecule has 148 valence electrons. The fraction of sp³-hybridized carbons (Fsp3) is 0.500. The monoisotopic (exact) mass is 380 g/mol. The SMILES string of the molecule is [B]c1cc(C(=O)N(C)C(C)(C)C)n2c1-c1cc(OC(C)C)c(OC)cc1CC2. The van der Waals surface area contributed by atoms with E-state index in [1.807, 2.05) is 58.4 Å². The van der Waals surface area contributed by atoms with E-state index in [0.717, 1.165) is 29.0 Å². The summed E-state index contributed by atoms with van der Waals surface area (Å²) < 4.78 is 13.5. The van der Waals surface area contributed by atoms with Crippen LogP contribution in [0, 0.1) is 0 Å². The number of hydrogen-bond donors (Lipinski definition) is 0. The molecular weight excluding hydrogens is 351 g/mol. The largest absolute Gasteiger partial charge is 0.493 e. The molecule has 6 heteroatoms. The Labute approximate surface area is 169 Å². The molecule has 28 heavy (non-hydrogen) atoms. The van der Waals surface area contributed by atoms with Crippen molar-refractivity contribution in [3.63, 3.8) is 0 Å². The van der Waals surface area contributed by atoms with Gasteiger partial charge in [-0.05, 0) is 64.8 Å². The fourth-order valence-electron chi connectivity index (χ4n) is 3.52. The van der Waals surface area contributed by atoms with E-state index in [1.165, 1.54) is 0 Å². The van der Waals surface area contributed by atoms with Crippen LogP contribution < -0.4 is 14.9 Å². The molecule has 1 aromatic heterocycles. The Morgan fingerprint density at radius 3 is 2.46 bits per heavy atom. The maximum absolute atomic E-state index is 13.1. The van der Waals surface area contributed by atoms with Gasteiger partial charge in [0.15, 0.2) is 11.5 Å². The van der Waals surface area contributed by atoms with Crippen molar-refractivity contribution < 1.29 is 14.3 Å². The van der Waals surface area contributed by atoms with Crippen LogP contribution in [0.15, 0.2) is 18.2 Å². The third-order valence-corrected chi connectivity index (χ3v) is 5.27. The molecule has 0 saturated carbocycles. The first-order valence-corrected chi connectivity index (χ1v) is 9.69. The lowest BCUT2D eigenvalue weighted by Gasteiger charge is -2.33. The molecule has 1 aliphatic heterocycles. The molecule has 3 rings (SSSR count). The second-order valence-corrected chi connectivity index (χ2v) is 8.60. The van der Waals surface area contributed by atoms with Gasteiger partial charge < -0.3 is 18.9 Å². The van der Waals surface area contributed by atoms with Gasteiger partial charge in [-0.3, -0.25) is 4.79 Å². The van der Waals surface area contributed by atoms with Crippen molar-refractivity contribution in [2.75, 3.05) is 14.2 Å². The highest BCUT2D eigenvalue weighted by Gasteiger charge is 2.30. The van der Waals surface area contributed by atoms with Crippen LogP contribution in [-0.4, -0.2) is 49.0 Å². The molecule has 0 atom stereocenters. The van der Waals surface area contributed by atoms with E-state index in [2.05, 4.69) is 0 Å². The Balaban J connectivity index is 2.12. The van der Waals surface area contributed by atoms with E-state index in [-0.39, 0.29) is 17.6 Å². The molecule has 5 nitrogen and oxygen atoms in total. The minimum atomic E-state index is -0.269. The summed E-state index contributed by atoms with van der Waals surface area (Å²) in [7, 11) is 9.86. The molecule has 0 saturated heterocycles. The standard InChI is InChI=1S/C22H29BN2O3/c1-13(2)28-19-11-15-14(10-18(19)27-7)8-9-25-17(12-16(23)20(15)25)21(26)24(6)22(3,4)5/h10-13H,8-9H2,1-7H3. The summed E-state index contributed by atoms with van der Waals surface area (Å²) in [5.41, 5.74) is 3.98. The number of rotatable bonds is 4. The van der Waals surface area contributed by atoms with Crippen LogP contribution >= 0.6 is 0 Å². The Hall–Kier alpha value is -2.37. The Morgan fingerprint density at radius 1 is 1.21 bits per heavy atom. The van der Waals surface area contributed by atoms with Crippen molar-refractivity contribution in [2.24, 2.45) is 0 Å². The van der Waals surface area contributed by atoms with Crippen LogP contribution in [0.2, 0.25) is 0 Å².